The number of benzene rings is 1. The molecule has 2 amide bonds. The second kappa shape index (κ2) is 9.08. The number of carbonyl (C=O) groups is 2. The van der Waals surface area contributed by atoms with Gasteiger partial charge in [-0.05, 0) is 54.4 Å². The van der Waals surface area contributed by atoms with E-state index in [9.17, 15) is 9.59 Å². The number of hydrazine groups is 1. The van der Waals surface area contributed by atoms with Gasteiger partial charge in [-0.3, -0.25) is 15.0 Å². The van der Waals surface area contributed by atoms with Gasteiger partial charge in [-0.2, -0.15) is 5.01 Å². The topological polar surface area (TPSA) is 67.9 Å². The largest absolute Gasteiger partial charge is 0.493 e. The van der Waals surface area contributed by atoms with Crippen LogP contribution in [-0.2, 0) is 4.79 Å². The van der Waals surface area contributed by atoms with Crippen molar-refractivity contribution in [2.24, 2.45) is 0 Å². The quantitative estimate of drug-likeness (QED) is 0.468. The molecule has 0 radical (unpaired) electrons. The predicted octanol–water partition coefficient (Wildman–Crippen LogP) is 4.46. The average molecular weight is 499 g/mol. The highest BCUT2D eigenvalue weighted by atomic mass is 79.9. The summed E-state index contributed by atoms with van der Waals surface area (Å²) >= 11 is 11.1. The summed E-state index contributed by atoms with van der Waals surface area (Å²) in [7, 11) is 1.55. The molecule has 1 aliphatic heterocycles. The Morgan fingerprint density at radius 2 is 2.18 bits per heavy atom. The van der Waals surface area contributed by atoms with Crippen molar-refractivity contribution in [2.75, 3.05) is 13.7 Å². The molecule has 0 atom stereocenters. The van der Waals surface area contributed by atoms with Crippen LogP contribution in [0.3, 0.4) is 0 Å². The van der Waals surface area contributed by atoms with Crippen molar-refractivity contribution < 1.29 is 19.1 Å². The third kappa shape index (κ3) is 4.40. The zero-order valence-corrected chi connectivity index (χ0v) is 18.9. The molecule has 28 heavy (non-hydrogen) atoms. The van der Waals surface area contributed by atoms with E-state index < -0.39 is 0 Å². The fourth-order valence-electron chi connectivity index (χ4n) is 2.36. The molecule has 1 saturated heterocycles. The lowest BCUT2D eigenvalue weighted by atomic mass is 10.2. The Labute approximate surface area is 184 Å². The van der Waals surface area contributed by atoms with E-state index >= 15 is 0 Å². The third-order valence-electron chi connectivity index (χ3n) is 3.62. The number of thiophene rings is 1. The van der Waals surface area contributed by atoms with Gasteiger partial charge in [-0.1, -0.05) is 33.8 Å². The Kier molecular flexibility index (Phi) is 6.76. The molecule has 0 aliphatic carbocycles. The van der Waals surface area contributed by atoms with Gasteiger partial charge >= 0.3 is 0 Å². The number of amides is 2. The highest BCUT2D eigenvalue weighted by Crippen LogP contribution is 2.37. The van der Waals surface area contributed by atoms with Crippen LogP contribution in [0.1, 0.15) is 22.2 Å². The van der Waals surface area contributed by atoms with Crippen molar-refractivity contribution in [3.05, 3.63) is 49.5 Å². The van der Waals surface area contributed by atoms with Crippen LogP contribution >= 0.6 is 51.2 Å². The molecule has 0 bridgehead atoms. The number of carbonyl (C=O) groups excluding carboxylic acids is 2. The number of ether oxygens (including phenoxy) is 2. The lowest BCUT2D eigenvalue weighted by Crippen LogP contribution is -2.44. The number of methoxy groups -OCH3 is 1. The van der Waals surface area contributed by atoms with Crippen molar-refractivity contribution in [3.8, 4) is 11.5 Å². The number of rotatable bonds is 6. The van der Waals surface area contributed by atoms with Gasteiger partial charge in [0.2, 0.25) is 0 Å². The summed E-state index contributed by atoms with van der Waals surface area (Å²) in [5.74, 6) is 0.388. The smallest absolute Gasteiger partial charge is 0.285 e. The van der Waals surface area contributed by atoms with Crippen LogP contribution in [0.2, 0.25) is 0 Å². The Balaban J connectivity index is 1.84. The highest BCUT2D eigenvalue weighted by molar-refractivity contribution is 9.10. The van der Waals surface area contributed by atoms with E-state index in [-0.39, 0.29) is 16.1 Å². The van der Waals surface area contributed by atoms with Gasteiger partial charge in [0, 0.05) is 4.47 Å². The number of nitrogens with zero attached hydrogens (tertiary/aromatic N) is 1. The highest BCUT2D eigenvalue weighted by Gasteiger charge is 2.34. The van der Waals surface area contributed by atoms with E-state index in [0.29, 0.717) is 27.9 Å². The number of thiocarbonyl (C=S) groups is 1. The maximum Gasteiger partial charge on any atom is 0.285 e. The second-order valence-corrected chi connectivity index (χ2v) is 8.87. The summed E-state index contributed by atoms with van der Waals surface area (Å²) in [5, 5.41) is 2.88. The van der Waals surface area contributed by atoms with Gasteiger partial charge in [0.05, 0.1) is 23.5 Å². The number of thioether (sulfide) groups is 1. The Morgan fingerprint density at radius 3 is 2.82 bits per heavy atom. The minimum Gasteiger partial charge on any atom is -0.493 e. The number of nitrogens with one attached hydrogen (secondary N) is 1. The first-order valence-corrected chi connectivity index (χ1v) is 11.0. The second-order valence-electron chi connectivity index (χ2n) is 5.39. The van der Waals surface area contributed by atoms with Gasteiger partial charge in [-0.25, -0.2) is 0 Å². The van der Waals surface area contributed by atoms with Crippen molar-refractivity contribution in [2.45, 2.75) is 6.92 Å². The summed E-state index contributed by atoms with van der Waals surface area (Å²) in [5.41, 5.74) is 3.28. The number of hydrogen-bond acceptors (Lipinski definition) is 7. The van der Waals surface area contributed by atoms with E-state index in [1.54, 1.807) is 42.8 Å². The zero-order valence-electron chi connectivity index (χ0n) is 14.9. The molecule has 1 N–H and O–H groups in total. The fourth-order valence-corrected chi connectivity index (χ4v) is 4.58. The van der Waals surface area contributed by atoms with Crippen molar-refractivity contribution >= 4 is 73.5 Å². The van der Waals surface area contributed by atoms with Crippen molar-refractivity contribution in [1.29, 1.82) is 0 Å². The maximum atomic E-state index is 12.7. The van der Waals surface area contributed by atoms with E-state index in [0.717, 1.165) is 26.8 Å². The third-order valence-corrected chi connectivity index (χ3v) is 6.48. The summed E-state index contributed by atoms with van der Waals surface area (Å²) in [6, 6.07) is 7.00. The first-order chi connectivity index (χ1) is 13.4. The molecule has 1 aromatic carbocycles. The van der Waals surface area contributed by atoms with Gasteiger partial charge in [-0.15, -0.1) is 11.3 Å². The van der Waals surface area contributed by atoms with Crippen LogP contribution in [0.15, 0.2) is 39.0 Å². The molecule has 1 aliphatic rings. The van der Waals surface area contributed by atoms with Crippen LogP contribution in [0.25, 0.3) is 6.08 Å². The van der Waals surface area contributed by atoms with Crippen LogP contribution in [-0.4, -0.2) is 34.9 Å². The van der Waals surface area contributed by atoms with E-state index in [1.165, 1.54) is 11.3 Å². The summed E-state index contributed by atoms with van der Waals surface area (Å²) in [6.07, 6.45) is 1.69. The first-order valence-electron chi connectivity index (χ1n) is 8.07. The molecule has 2 heterocycles. The van der Waals surface area contributed by atoms with Crippen molar-refractivity contribution in [3.63, 3.8) is 0 Å². The summed E-state index contributed by atoms with van der Waals surface area (Å²) < 4.78 is 11.9. The minimum atomic E-state index is -0.389. The molecule has 2 aromatic rings. The van der Waals surface area contributed by atoms with Crippen LogP contribution in [0.4, 0.5) is 0 Å². The molecule has 146 valence electrons. The first kappa shape index (κ1) is 20.8. The maximum absolute atomic E-state index is 12.7. The lowest BCUT2D eigenvalue weighted by molar-refractivity contribution is -0.123. The van der Waals surface area contributed by atoms with E-state index in [2.05, 4.69) is 21.4 Å². The van der Waals surface area contributed by atoms with Gasteiger partial charge in [0.1, 0.15) is 0 Å². The number of halogens is 1. The van der Waals surface area contributed by atoms with Crippen molar-refractivity contribution in [1.82, 2.24) is 10.4 Å². The molecule has 6 nitrogen and oxygen atoms in total. The Morgan fingerprint density at radius 1 is 1.39 bits per heavy atom. The lowest BCUT2D eigenvalue weighted by Gasteiger charge is -2.14. The molecule has 1 aromatic heterocycles. The molecule has 0 spiro atoms. The molecule has 0 unspecified atom stereocenters. The monoisotopic (exact) mass is 498 g/mol. The summed E-state index contributed by atoms with van der Waals surface area (Å²) in [6.45, 7) is 2.39. The Bertz CT molecular complexity index is 960. The van der Waals surface area contributed by atoms with Crippen LogP contribution < -0.4 is 14.9 Å². The molecular weight excluding hydrogens is 484 g/mol. The molecule has 0 saturated carbocycles. The van der Waals surface area contributed by atoms with Crippen LogP contribution in [0.5, 0.6) is 11.5 Å². The van der Waals surface area contributed by atoms with Gasteiger partial charge in [0.15, 0.2) is 15.8 Å². The van der Waals surface area contributed by atoms with E-state index in [1.807, 2.05) is 6.92 Å². The Hall–Kier alpha value is -1.88. The van der Waals surface area contributed by atoms with E-state index in [4.69, 9.17) is 21.7 Å². The standard InChI is InChI=1S/C18H15BrN2O4S3/c1-3-25-13-9-11(19)10(7-12(13)24-2)8-15-17(23)21(18(26)28-15)20-16(22)14-5-4-6-27-14/h4-9H,3H2,1-2H3,(H,20,22)/b15-8-. The predicted molar refractivity (Wildman–Crippen MR) is 119 cm³/mol. The normalized spacial score (nSPS) is 15.2. The molecular formula is C18H15BrN2O4S3. The number of hydrogen-bond donors (Lipinski definition) is 1. The molecule has 10 heteroatoms. The van der Waals surface area contributed by atoms with Crippen LogP contribution in [0, 0.1) is 0 Å². The molecule has 3 rings (SSSR count). The SMILES string of the molecule is CCOc1cc(Br)c(/C=C2\SC(=S)N(NC(=O)c3cccs3)C2=O)cc1OC. The summed E-state index contributed by atoms with van der Waals surface area (Å²) in [4.78, 5) is 25.9. The van der Waals surface area contributed by atoms with Gasteiger partial charge in [0.25, 0.3) is 11.8 Å². The molecule has 1 fully saturated rings. The van der Waals surface area contributed by atoms with Gasteiger partial charge < -0.3 is 9.47 Å². The minimum absolute atomic E-state index is 0.259. The zero-order chi connectivity index (χ0) is 20.3. The average Bonchev–Trinajstić information content (AvgIpc) is 3.29. The fraction of sp³-hybridized carbons (Fsp3) is 0.167.